The highest BCUT2D eigenvalue weighted by Gasteiger charge is 2.31. The average molecular weight is 261 g/mol. The molecule has 0 heterocycles. The summed E-state index contributed by atoms with van der Waals surface area (Å²) >= 11 is 0. The second-order valence-corrected chi connectivity index (χ2v) is 5.66. The first kappa shape index (κ1) is 14.1. The molecule has 0 aliphatic heterocycles. The Morgan fingerprint density at radius 2 is 1.84 bits per heavy atom. The number of hydrogen-bond acceptors (Lipinski definition) is 2. The van der Waals surface area contributed by atoms with E-state index in [4.69, 9.17) is 0 Å². The molecule has 19 heavy (non-hydrogen) atoms. The molecule has 1 aliphatic rings. The van der Waals surface area contributed by atoms with Crippen LogP contribution in [0, 0.1) is 5.41 Å². The second-order valence-electron chi connectivity index (χ2n) is 5.66. The highest BCUT2D eigenvalue weighted by atomic mass is 16.3. The van der Waals surface area contributed by atoms with Gasteiger partial charge in [-0.15, -0.1) is 0 Å². The van der Waals surface area contributed by atoms with Crippen molar-refractivity contribution < 1.29 is 9.90 Å². The Kier molecular flexibility index (Phi) is 4.97. The van der Waals surface area contributed by atoms with Crippen molar-refractivity contribution in [3.05, 3.63) is 35.9 Å². The van der Waals surface area contributed by atoms with Crippen molar-refractivity contribution in [2.75, 3.05) is 13.2 Å². The van der Waals surface area contributed by atoms with E-state index in [1.54, 1.807) is 0 Å². The SMILES string of the molecule is O=C(Cc1ccccc1)NCC1(CO)CCCCC1. The summed E-state index contributed by atoms with van der Waals surface area (Å²) in [4.78, 5) is 11.9. The lowest BCUT2D eigenvalue weighted by atomic mass is 9.74. The van der Waals surface area contributed by atoms with Crippen LogP contribution < -0.4 is 5.32 Å². The van der Waals surface area contributed by atoms with E-state index in [9.17, 15) is 9.90 Å². The Balaban J connectivity index is 1.82. The predicted molar refractivity (Wildman–Crippen MR) is 75.8 cm³/mol. The van der Waals surface area contributed by atoms with Crippen LogP contribution in [0.25, 0.3) is 0 Å². The van der Waals surface area contributed by atoms with Crippen LogP contribution in [0.15, 0.2) is 30.3 Å². The van der Waals surface area contributed by atoms with E-state index in [1.165, 1.54) is 6.42 Å². The van der Waals surface area contributed by atoms with Gasteiger partial charge < -0.3 is 10.4 Å². The fourth-order valence-corrected chi connectivity index (χ4v) is 2.82. The van der Waals surface area contributed by atoms with Gasteiger partial charge >= 0.3 is 0 Å². The molecule has 2 rings (SSSR count). The van der Waals surface area contributed by atoms with Crippen molar-refractivity contribution in [1.82, 2.24) is 5.32 Å². The predicted octanol–water partition coefficient (Wildman–Crippen LogP) is 2.29. The highest BCUT2D eigenvalue weighted by Crippen LogP contribution is 2.35. The standard InChI is InChI=1S/C16H23NO2/c18-13-16(9-5-2-6-10-16)12-17-15(19)11-14-7-3-1-4-8-14/h1,3-4,7-8,18H,2,5-6,9-13H2,(H,17,19). The maximum atomic E-state index is 11.9. The van der Waals surface area contributed by atoms with E-state index in [1.807, 2.05) is 30.3 Å². The van der Waals surface area contributed by atoms with Gasteiger partial charge in [-0.25, -0.2) is 0 Å². The molecule has 0 spiro atoms. The Labute approximate surface area is 115 Å². The summed E-state index contributed by atoms with van der Waals surface area (Å²) in [6.45, 7) is 0.785. The monoisotopic (exact) mass is 261 g/mol. The first-order valence-corrected chi connectivity index (χ1v) is 7.16. The van der Waals surface area contributed by atoms with E-state index >= 15 is 0 Å². The maximum absolute atomic E-state index is 11.9. The molecule has 1 fully saturated rings. The number of benzene rings is 1. The van der Waals surface area contributed by atoms with E-state index in [-0.39, 0.29) is 17.9 Å². The summed E-state index contributed by atoms with van der Waals surface area (Å²) < 4.78 is 0. The molecule has 3 heteroatoms. The molecule has 1 aliphatic carbocycles. The first-order valence-electron chi connectivity index (χ1n) is 7.16. The van der Waals surface area contributed by atoms with Gasteiger partial charge in [-0.05, 0) is 18.4 Å². The van der Waals surface area contributed by atoms with Gasteiger partial charge in [0.1, 0.15) is 0 Å². The van der Waals surface area contributed by atoms with Crippen molar-refractivity contribution in [3.8, 4) is 0 Å². The largest absolute Gasteiger partial charge is 0.396 e. The minimum atomic E-state index is -0.0788. The molecule has 2 N–H and O–H groups in total. The summed E-state index contributed by atoms with van der Waals surface area (Å²) in [7, 11) is 0. The minimum absolute atomic E-state index is 0.0459. The quantitative estimate of drug-likeness (QED) is 0.854. The number of carbonyl (C=O) groups excluding carboxylic acids is 1. The average Bonchev–Trinajstić information content (AvgIpc) is 2.47. The third kappa shape index (κ3) is 4.06. The Hall–Kier alpha value is -1.35. The van der Waals surface area contributed by atoms with Crippen LogP contribution in [-0.2, 0) is 11.2 Å². The van der Waals surface area contributed by atoms with Crippen molar-refractivity contribution >= 4 is 5.91 Å². The Morgan fingerprint density at radius 3 is 2.47 bits per heavy atom. The van der Waals surface area contributed by atoms with Crippen LogP contribution in [0.1, 0.15) is 37.7 Å². The Morgan fingerprint density at radius 1 is 1.16 bits per heavy atom. The lowest BCUT2D eigenvalue weighted by molar-refractivity contribution is -0.121. The zero-order chi connectivity index (χ0) is 13.6. The molecule has 0 aromatic heterocycles. The Bertz CT molecular complexity index is 396. The van der Waals surface area contributed by atoms with Gasteiger partial charge in [0.25, 0.3) is 0 Å². The summed E-state index contributed by atoms with van der Waals surface area (Å²) in [5.74, 6) is 0.0459. The number of hydrogen-bond donors (Lipinski definition) is 2. The van der Waals surface area contributed by atoms with Gasteiger partial charge in [0, 0.05) is 12.0 Å². The van der Waals surface area contributed by atoms with Gasteiger partial charge in [-0.2, -0.15) is 0 Å². The number of aliphatic hydroxyl groups is 1. The molecule has 1 saturated carbocycles. The van der Waals surface area contributed by atoms with Crippen LogP contribution in [0.4, 0.5) is 0 Å². The molecule has 1 amide bonds. The lowest BCUT2D eigenvalue weighted by Crippen LogP contribution is -2.41. The van der Waals surface area contributed by atoms with Crippen LogP contribution in [0.5, 0.6) is 0 Å². The minimum Gasteiger partial charge on any atom is -0.396 e. The zero-order valence-corrected chi connectivity index (χ0v) is 11.4. The molecular formula is C16H23NO2. The third-order valence-electron chi connectivity index (χ3n) is 4.12. The topological polar surface area (TPSA) is 49.3 Å². The van der Waals surface area contributed by atoms with Crippen molar-refractivity contribution in [2.24, 2.45) is 5.41 Å². The first-order chi connectivity index (χ1) is 9.24. The second kappa shape index (κ2) is 6.71. The van der Waals surface area contributed by atoms with E-state index in [0.29, 0.717) is 13.0 Å². The van der Waals surface area contributed by atoms with Crippen molar-refractivity contribution in [2.45, 2.75) is 38.5 Å². The molecule has 0 radical (unpaired) electrons. The maximum Gasteiger partial charge on any atom is 0.224 e. The molecular weight excluding hydrogens is 238 g/mol. The smallest absolute Gasteiger partial charge is 0.224 e. The summed E-state index contributed by atoms with van der Waals surface area (Å²) in [6.07, 6.45) is 6.04. The molecule has 0 atom stereocenters. The van der Waals surface area contributed by atoms with Crippen LogP contribution in [0.2, 0.25) is 0 Å². The molecule has 0 unspecified atom stereocenters. The molecule has 3 nitrogen and oxygen atoms in total. The summed E-state index contributed by atoms with van der Waals surface area (Å²) in [5, 5.41) is 12.6. The van der Waals surface area contributed by atoms with E-state index < -0.39 is 0 Å². The number of rotatable bonds is 5. The number of amides is 1. The van der Waals surface area contributed by atoms with Crippen molar-refractivity contribution in [3.63, 3.8) is 0 Å². The number of carbonyl (C=O) groups is 1. The number of nitrogens with one attached hydrogen (secondary N) is 1. The summed E-state index contributed by atoms with van der Waals surface area (Å²) in [5.41, 5.74) is 0.951. The van der Waals surface area contributed by atoms with Gasteiger partial charge in [0.2, 0.25) is 5.91 Å². The van der Waals surface area contributed by atoms with Crippen molar-refractivity contribution in [1.29, 1.82) is 0 Å². The highest BCUT2D eigenvalue weighted by molar-refractivity contribution is 5.78. The molecule has 1 aromatic rings. The lowest BCUT2D eigenvalue weighted by Gasteiger charge is -2.35. The van der Waals surface area contributed by atoms with Gasteiger partial charge in [-0.1, -0.05) is 49.6 Å². The summed E-state index contributed by atoms with van der Waals surface area (Å²) in [6, 6.07) is 9.76. The molecule has 0 saturated heterocycles. The zero-order valence-electron chi connectivity index (χ0n) is 11.4. The van der Waals surface area contributed by atoms with Gasteiger partial charge in [0.05, 0.1) is 13.0 Å². The van der Waals surface area contributed by atoms with Crippen LogP contribution >= 0.6 is 0 Å². The van der Waals surface area contributed by atoms with Crippen LogP contribution in [0.3, 0.4) is 0 Å². The molecule has 0 bridgehead atoms. The van der Waals surface area contributed by atoms with E-state index in [0.717, 1.165) is 31.2 Å². The van der Waals surface area contributed by atoms with Crippen LogP contribution in [-0.4, -0.2) is 24.2 Å². The normalized spacial score (nSPS) is 17.9. The van der Waals surface area contributed by atoms with E-state index in [2.05, 4.69) is 5.32 Å². The van der Waals surface area contributed by atoms with Gasteiger partial charge in [0.15, 0.2) is 0 Å². The van der Waals surface area contributed by atoms with Gasteiger partial charge in [-0.3, -0.25) is 4.79 Å². The third-order valence-corrected chi connectivity index (χ3v) is 4.12. The fraction of sp³-hybridized carbons (Fsp3) is 0.562. The number of aliphatic hydroxyl groups excluding tert-OH is 1. The molecule has 1 aromatic carbocycles. The molecule has 104 valence electrons. The fourth-order valence-electron chi connectivity index (χ4n) is 2.82.